The molecule has 1 aliphatic rings. The molecule has 1 aromatic rings. The molecule has 0 unspecified atom stereocenters. The van der Waals surface area contributed by atoms with Crippen LogP contribution >= 0.6 is 0 Å². The van der Waals surface area contributed by atoms with Gasteiger partial charge in [0.05, 0.1) is 6.61 Å². The molecule has 2 N–H and O–H groups in total. The lowest BCUT2D eigenvalue weighted by Gasteiger charge is -2.35. The van der Waals surface area contributed by atoms with Crippen LogP contribution in [0.5, 0.6) is 0 Å². The number of nitrogens with one attached hydrogen (secondary N) is 1. The molecule has 1 heterocycles. The number of piperidine rings is 1. The number of hydrogen-bond acceptors (Lipinski definition) is 4. The van der Waals surface area contributed by atoms with Gasteiger partial charge in [0, 0.05) is 19.1 Å². The van der Waals surface area contributed by atoms with Crippen LogP contribution in [0.25, 0.3) is 0 Å². The van der Waals surface area contributed by atoms with Gasteiger partial charge in [-0.3, -0.25) is 4.90 Å². The number of hydrogen-bond donors (Lipinski definition) is 2. The molecule has 0 saturated carbocycles. The molecule has 0 radical (unpaired) electrons. The normalized spacial score (nSPS) is 19.2. The Balaban J connectivity index is 1.70. The van der Waals surface area contributed by atoms with E-state index in [9.17, 15) is 4.79 Å². The Bertz CT molecular complexity index is 423. The zero-order valence-corrected chi connectivity index (χ0v) is 12.3. The average molecular weight is 292 g/mol. The third-order valence-electron chi connectivity index (χ3n) is 3.83. The van der Waals surface area contributed by atoms with Crippen LogP contribution in [0.3, 0.4) is 0 Å². The minimum atomic E-state index is -0.381. The second-order valence-electron chi connectivity index (χ2n) is 5.35. The topological polar surface area (TPSA) is 61.8 Å². The number of benzene rings is 1. The summed E-state index contributed by atoms with van der Waals surface area (Å²) in [6.07, 6.45) is 3.01. The maximum absolute atomic E-state index is 11.7. The van der Waals surface area contributed by atoms with Crippen LogP contribution in [0.15, 0.2) is 30.3 Å². The highest BCUT2D eigenvalue weighted by molar-refractivity contribution is 5.67. The van der Waals surface area contributed by atoms with E-state index in [1.54, 1.807) is 0 Å². The van der Waals surface area contributed by atoms with Crippen molar-refractivity contribution >= 4 is 6.09 Å². The number of β-amino-alcohol motifs (C(OH)–C–C–N with tert-alkyl or cyclic N) is 1. The molecule has 1 atom stereocenters. The molecular weight excluding hydrogens is 268 g/mol. The Hall–Kier alpha value is -1.59. The van der Waals surface area contributed by atoms with Crippen molar-refractivity contribution < 1.29 is 14.6 Å². The Kier molecular flexibility index (Phi) is 6.50. The largest absolute Gasteiger partial charge is 0.445 e. The Morgan fingerprint density at radius 3 is 2.90 bits per heavy atom. The third kappa shape index (κ3) is 5.36. The van der Waals surface area contributed by atoms with E-state index in [1.165, 1.54) is 6.42 Å². The van der Waals surface area contributed by atoms with Gasteiger partial charge in [0.25, 0.3) is 0 Å². The molecule has 116 valence electrons. The lowest BCUT2D eigenvalue weighted by atomic mass is 10.0. The molecule has 21 heavy (non-hydrogen) atoms. The summed E-state index contributed by atoms with van der Waals surface area (Å²) in [5.74, 6) is 0. The molecule has 1 fully saturated rings. The van der Waals surface area contributed by atoms with E-state index in [4.69, 9.17) is 9.84 Å². The van der Waals surface area contributed by atoms with E-state index in [-0.39, 0.29) is 19.3 Å². The van der Waals surface area contributed by atoms with Crippen molar-refractivity contribution in [2.75, 3.05) is 26.2 Å². The summed E-state index contributed by atoms with van der Waals surface area (Å²) in [6.45, 7) is 2.69. The molecule has 0 aliphatic carbocycles. The molecule has 0 aromatic heterocycles. The van der Waals surface area contributed by atoms with Crippen LogP contribution in [-0.2, 0) is 11.3 Å². The summed E-state index contributed by atoms with van der Waals surface area (Å²) in [6, 6.07) is 9.93. The Labute approximate surface area is 125 Å². The van der Waals surface area contributed by atoms with E-state index < -0.39 is 0 Å². The number of carbonyl (C=O) groups excluding carboxylic acids is 1. The fourth-order valence-electron chi connectivity index (χ4n) is 2.69. The SMILES string of the molecule is O=C(NC[C@H]1CCCCN1CCO)OCc1ccccc1. The smallest absolute Gasteiger partial charge is 0.407 e. The first-order valence-electron chi connectivity index (χ1n) is 7.59. The van der Waals surface area contributed by atoms with Crippen LogP contribution < -0.4 is 5.32 Å². The van der Waals surface area contributed by atoms with Gasteiger partial charge in [-0.15, -0.1) is 0 Å². The summed E-state index contributed by atoms with van der Waals surface area (Å²) < 4.78 is 5.20. The Morgan fingerprint density at radius 2 is 2.14 bits per heavy atom. The highest BCUT2D eigenvalue weighted by atomic mass is 16.5. The van der Waals surface area contributed by atoms with Gasteiger partial charge < -0.3 is 15.2 Å². The van der Waals surface area contributed by atoms with Gasteiger partial charge in [-0.05, 0) is 24.9 Å². The molecule has 0 spiro atoms. The second kappa shape index (κ2) is 8.64. The second-order valence-corrected chi connectivity index (χ2v) is 5.35. The number of alkyl carbamates (subject to hydrolysis) is 1. The van der Waals surface area contributed by atoms with Crippen molar-refractivity contribution in [3.63, 3.8) is 0 Å². The van der Waals surface area contributed by atoms with Crippen LogP contribution in [0.2, 0.25) is 0 Å². The summed E-state index contributed by atoms with van der Waals surface area (Å²) in [5.41, 5.74) is 0.979. The van der Waals surface area contributed by atoms with Gasteiger partial charge in [0.2, 0.25) is 0 Å². The van der Waals surface area contributed by atoms with Gasteiger partial charge in [-0.25, -0.2) is 4.79 Å². The number of aliphatic hydroxyl groups is 1. The number of carbonyl (C=O) groups is 1. The van der Waals surface area contributed by atoms with E-state index in [2.05, 4.69) is 10.2 Å². The van der Waals surface area contributed by atoms with E-state index in [0.717, 1.165) is 24.9 Å². The standard InChI is InChI=1S/C16H24N2O3/c19-11-10-18-9-5-4-8-15(18)12-17-16(20)21-13-14-6-2-1-3-7-14/h1-3,6-7,15,19H,4-5,8-13H2,(H,17,20)/t15-/m1/s1. The average Bonchev–Trinajstić information content (AvgIpc) is 2.53. The van der Waals surface area contributed by atoms with Gasteiger partial charge >= 0.3 is 6.09 Å². The summed E-state index contributed by atoms with van der Waals surface area (Å²) in [4.78, 5) is 14.0. The molecule has 5 nitrogen and oxygen atoms in total. The van der Waals surface area contributed by atoms with Crippen molar-refractivity contribution in [1.82, 2.24) is 10.2 Å². The number of amides is 1. The summed E-state index contributed by atoms with van der Waals surface area (Å²) >= 11 is 0. The minimum absolute atomic E-state index is 0.162. The van der Waals surface area contributed by atoms with Crippen LogP contribution in [0, 0.1) is 0 Å². The highest BCUT2D eigenvalue weighted by Crippen LogP contribution is 2.15. The first kappa shape index (κ1) is 15.8. The number of rotatable bonds is 6. The number of likely N-dealkylation sites (tertiary alicyclic amines) is 1. The summed E-state index contributed by atoms with van der Waals surface area (Å²) in [7, 11) is 0. The molecule has 1 amide bonds. The number of nitrogens with zero attached hydrogens (tertiary/aromatic N) is 1. The molecular formula is C16H24N2O3. The van der Waals surface area contributed by atoms with Gasteiger partial charge in [-0.1, -0.05) is 36.8 Å². The minimum Gasteiger partial charge on any atom is -0.445 e. The van der Waals surface area contributed by atoms with Crippen molar-refractivity contribution in [2.45, 2.75) is 31.9 Å². The van der Waals surface area contributed by atoms with E-state index >= 15 is 0 Å². The Morgan fingerprint density at radius 1 is 1.33 bits per heavy atom. The first-order valence-corrected chi connectivity index (χ1v) is 7.59. The van der Waals surface area contributed by atoms with Crippen LogP contribution in [-0.4, -0.2) is 48.4 Å². The lowest BCUT2D eigenvalue weighted by Crippen LogP contribution is -2.47. The van der Waals surface area contributed by atoms with Crippen molar-refractivity contribution in [3.05, 3.63) is 35.9 Å². The van der Waals surface area contributed by atoms with Gasteiger partial charge in [-0.2, -0.15) is 0 Å². The van der Waals surface area contributed by atoms with E-state index in [1.807, 2.05) is 30.3 Å². The summed E-state index contributed by atoms with van der Waals surface area (Å²) in [5, 5.41) is 11.9. The molecule has 5 heteroatoms. The molecule has 0 bridgehead atoms. The zero-order valence-electron chi connectivity index (χ0n) is 12.3. The van der Waals surface area contributed by atoms with Gasteiger partial charge in [0.1, 0.15) is 6.61 Å². The van der Waals surface area contributed by atoms with Crippen LogP contribution in [0.4, 0.5) is 4.79 Å². The van der Waals surface area contributed by atoms with E-state index in [0.29, 0.717) is 19.1 Å². The predicted molar refractivity (Wildman–Crippen MR) is 80.9 cm³/mol. The molecule has 1 saturated heterocycles. The van der Waals surface area contributed by atoms with Crippen LogP contribution in [0.1, 0.15) is 24.8 Å². The van der Waals surface area contributed by atoms with Crippen molar-refractivity contribution in [2.24, 2.45) is 0 Å². The zero-order chi connectivity index (χ0) is 14.9. The highest BCUT2D eigenvalue weighted by Gasteiger charge is 2.22. The monoisotopic (exact) mass is 292 g/mol. The quantitative estimate of drug-likeness (QED) is 0.838. The maximum atomic E-state index is 11.7. The predicted octanol–water partition coefficient (Wildman–Crippen LogP) is 1.76. The maximum Gasteiger partial charge on any atom is 0.407 e. The first-order chi connectivity index (χ1) is 10.3. The fourth-order valence-corrected chi connectivity index (χ4v) is 2.69. The van der Waals surface area contributed by atoms with Crippen molar-refractivity contribution in [3.8, 4) is 0 Å². The van der Waals surface area contributed by atoms with Gasteiger partial charge in [0.15, 0.2) is 0 Å². The number of aliphatic hydroxyl groups excluding tert-OH is 1. The lowest BCUT2D eigenvalue weighted by molar-refractivity contribution is 0.106. The van der Waals surface area contributed by atoms with Crippen molar-refractivity contribution in [1.29, 1.82) is 0 Å². The molecule has 2 rings (SSSR count). The third-order valence-corrected chi connectivity index (χ3v) is 3.83. The fraction of sp³-hybridized carbons (Fsp3) is 0.562. The molecule has 1 aliphatic heterocycles. The molecule has 1 aromatic carbocycles. The number of ether oxygens (including phenoxy) is 1.